The van der Waals surface area contributed by atoms with E-state index in [-0.39, 0.29) is 5.82 Å². The van der Waals surface area contributed by atoms with Gasteiger partial charge < -0.3 is 15.2 Å². The van der Waals surface area contributed by atoms with Crippen molar-refractivity contribution in [1.29, 1.82) is 0 Å². The summed E-state index contributed by atoms with van der Waals surface area (Å²) < 4.78 is 24.2. The first-order valence-electron chi connectivity index (χ1n) is 5.91. The summed E-state index contributed by atoms with van der Waals surface area (Å²) in [5, 5.41) is 0. The van der Waals surface area contributed by atoms with Crippen LogP contribution in [-0.2, 0) is 6.61 Å². The molecule has 0 saturated carbocycles. The highest BCUT2D eigenvalue weighted by Crippen LogP contribution is 2.24. The number of halogens is 1. The molecule has 0 heterocycles. The summed E-state index contributed by atoms with van der Waals surface area (Å²) in [6.07, 6.45) is 0. The second-order valence-corrected chi connectivity index (χ2v) is 4.27. The maximum atomic E-state index is 13.4. The summed E-state index contributed by atoms with van der Waals surface area (Å²) in [6.45, 7) is 2.01. The molecule has 2 N–H and O–H groups in total. The lowest BCUT2D eigenvalue weighted by Crippen LogP contribution is -2.00. The summed E-state index contributed by atoms with van der Waals surface area (Å²) in [4.78, 5) is 0. The van der Waals surface area contributed by atoms with Crippen molar-refractivity contribution in [1.82, 2.24) is 0 Å². The topological polar surface area (TPSA) is 44.5 Å². The Labute approximate surface area is 111 Å². The zero-order valence-corrected chi connectivity index (χ0v) is 10.9. The number of benzene rings is 2. The molecule has 0 amide bonds. The van der Waals surface area contributed by atoms with Gasteiger partial charge in [0.2, 0.25) is 0 Å². The van der Waals surface area contributed by atoms with Crippen LogP contribution in [0.4, 0.5) is 10.1 Å². The van der Waals surface area contributed by atoms with Crippen molar-refractivity contribution < 1.29 is 13.9 Å². The van der Waals surface area contributed by atoms with Crippen molar-refractivity contribution in [2.24, 2.45) is 0 Å². The number of aryl methyl sites for hydroxylation is 1. The van der Waals surface area contributed by atoms with Gasteiger partial charge in [0.05, 0.1) is 7.11 Å². The molecule has 0 unspecified atom stereocenters. The van der Waals surface area contributed by atoms with E-state index in [0.717, 1.165) is 5.56 Å². The van der Waals surface area contributed by atoms with E-state index in [1.165, 1.54) is 6.07 Å². The Bertz CT molecular complexity index is 584. The maximum Gasteiger partial charge on any atom is 0.129 e. The van der Waals surface area contributed by atoms with E-state index in [1.54, 1.807) is 38.3 Å². The number of methoxy groups -OCH3 is 1. The summed E-state index contributed by atoms with van der Waals surface area (Å²) >= 11 is 0. The molecule has 0 fully saturated rings. The monoisotopic (exact) mass is 261 g/mol. The van der Waals surface area contributed by atoms with Gasteiger partial charge in [-0.25, -0.2) is 4.39 Å². The minimum absolute atomic E-state index is 0.276. The highest BCUT2D eigenvalue weighted by atomic mass is 19.1. The SMILES string of the molecule is COc1cc(N)ccc1COc1ccc(C)c(F)c1. The van der Waals surface area contributed by atoms with Gasteiger partial charge in [-0.1, -0.05) is 6.07 Å². The van der Waals surface area contributed by atoms with Gasteiger partial charge in [-0.15, -0.1) is 0 Å². The Morgan fingerprint density at radius 3 is 2.63 bits per heavy atom. The molecule has 2 aromatic rings. The predicted molar refractivity (Wildman–Crippen MR) is 72.9 cm³/mol. The van der Waals surface area contributed by atoms with E-state index in [4.69, 9.17) is 15.2 Å². The summed E-state index contributed by atoms with van der Waals surface area (Å²) in [7, 11) is 1.57. The summed E-state index contributed by atoms with van der Waals surface area (Å²) in [5.41, 5.74) is 7.76. The Morgan fingerprint density at radius 2 is 1.95 bits per heavy atom. The number of hydrogen-bond acceptors (Lipinski definition) is 3. The largest absolute Gasteiger partial charge is 0.496 e. The Hall–Kier alpha value is -2.23. The zero-order valence-electron chi connectivity index (χ0n) is 10.9. The van der Waals surface area contributed by atoms with Crippen LogP contribution in [0.2, 0.25) is 0 Å². The molecule has 0 aromatic heterocycles. The van der Waals surface area contributed by atoms with Gasteiger partial charge in [0, 0.05) is 23.4 Å². The van der Waals surface area contributed by atoms with E-state index < -0.39 is 0 Å². The first kappa shape index (κ1) is 13.2. The van der Waals surface area contributed by atoms with Gasteiger partial charge >= 0.3 is 0 Å². The molecular weight excluding hydrogens is 245 g/mol. The van der Waals surface area contributed by atoms with Gasteiger partial charge in [0.25, 0.3) is 0 Å². The normalized spacial score (nSPS) is 10.3. The quantitative estimate of drug-likeness (QED) is 0.859. The van der Waals surface area contributed by atoms with Crippen molar-refractivity contribution in [2.75, 3.05) is 12.8 Å². The van der Waals surface area contributed by atoms with Crippen molar-refractivity contribution in [3.63, 3.8) is 0 Å². The smallest absolute Gasteiger partial charge is 0.129 e. The molecule has 0 aliphatic heterocycles. The molecule has 0 bridgehead atoms. The third-order valence-electron chi connectivity index (χ3n) is 2.85. The lowest BCUT2D eigenvalue weighted by Gasteiger charge is -2.11. The first-order valence-corrected chi connectivity index (χ1v) is 5.91. The minimum atomic E-state index is -0.276. The van der Waals surface area contributed by atoms with Crippen LogP contribution in [-0.4, -0.2) is 7.11 Å². The number of anilines is 1. The van der Waals surface area contributed by atoms with Crippen LogP contribution in [0.25, 0.3) is 0 Å². The molecule has 0 aliphatic carbocycles. The Balaban J connectivity index is 2.12. The summed E-state index contributed by atoms with van der Waals surface area (Å²) in [5.74, 6) is 0.872. The molecule has 0 saturated heterocycles. The van der Waals surface area contributed by atoms with Gasteiger partial charge in [-0.2, -0.15) is 0 Å². The van der Waals surface area contributed by atoms with Gasteiger partial charge in [0.15, 0.2) is 0 Å². The molecule has 3 nitrogen and oxygen atoms in total. The minimum Gasteiger partial charge on any atom is -0.496 e. The molecule has 2 aromatic carbocycles. The van der Waals surface area contributed by atoms with Crippen LogP contribution < -0.4 is 15.2 Å². The number of nitrogens with two attached hydrogens (primary N) is 1. The second kappa shape index (κ2) is 5.61. The van der Waals surface area contributed by atoms with Crippen molar-refractivity contribution in [3.8, 4) is 11.5 Å². The van der Waals surface area contributed by atoms with Crippen LogP contribution in [0.1, 0.15) is 11.1 Å². The van der Waals surface area contributed by atoms with Crippen LogP contribution >= 0.6 is 0 Å². The fourth-order valence-corrected chi connectivity index (χ4v) is 1.70. The second-order valence-electron chi connectivity index (χ2n) is 4.27. The molecule has 2 rings (SSSR count). The van der Waals surface area contributed by atoms with E-state index in [9.17, 15) is 4.39 Å². The van der Waals surface area contributed by atoms with Crippen LogP contribution in [0, 0.1) is 12.7 Å². The predicted octanol–water partition coefficient (Wildman–Crippen LogP) is 3.30. The van der Waals surface area contributed by atoms with E-state index in [1.807, 2.05) is 6.07 Å². The van der Waals surface area contributed by atoms with E-state index in [2.05, 4.69) is 0 Å². The number of hydrogen-bond donors (Lipinski definition) is 1. The number of ether oxygens (including phenoxy) is 2. The molecule has 0 atom stereocenters. The highest BCUT2D eigenvalue weighted by molar-refractivity contribution is 5.48. The van der Waals surface area contributed by atoms with E-state index >= 15 is 0 Å². The van der Waals surface area contributed by atoms with Gasteiger partial charge in [-0.3, -0.25) is 0 Å². The fraction of sp³-hybridized carbons (Fsp3) is 0.200. The van der Waals surface area contributed by atoms with Gasteiger partial charge in [0.1, 0.15) is 23.9 Å². The molecule has 0 aliphatic rings. The van der Waals surface area contributed by atoms with Crippen LogP contribution in [0.15, 0.2) is 36.4 Å². The Morgan fingerprint density at radius 1 is 1.16 bits per heavy atom. The molecule has 4 heteroatoms. The van der Waals surface area contributed by atoms with Crippen molar-refractivity contribution >= 4 is 5.69 Å². The molecule has 19 heavy (non-hydrogen) atoms. The van der Waals surface area contributed by atoms with Crippen LogP contribution in [0.5, 0.6) is 11.5 Å². The lowest BCUT2D eigenvalue weighted by atomic mass is 10.2. The average Bonchev–Trinajstić information content (AvgIpc) is 2.41. The van der Waals surface area contributed by atoms with E-state index in [0.29, 0.717) is 29.4 Å². The third-order valence-corrected chi connectivity index (χ3v) is 2.85. The molecule has 100 valence electrons. The molecule has 0 spiro atoms. The van der Waals surface area contributed by atoms with Crippen molar-refractivity contribution in [3.05, 3.63) is 53.3 Å². The standard InChI is InChI=1S/C15H16FNO2/c1-10-3-6-13(8-14(10)16)19-9-11-4-5-12(17)7-15(11)18-2/h3-8H,9,17H2,1-2H3. The summed E-state index contributed by atoms with van der Waals surface area (Å²) in [6, 6.07) is 10.1. The molecule has 0 radical (unpaired) electrons. The first-order chi connectivity index (χ1) is 9.10. The zero-order chi connectivity index (χ0) is 13.8. The number of rotatable bonds is 4. The van der Waals surface area contributed by atoms with Gasteiger partial charge in [-0.05, 0) is 30.7 Å². The number of nitrogen functional groups attached to an aromatic ring is 1. The Kier molecular flexibility index (Phi) is 3.90. The fourth-order valence-electron chi connectivity index (χ4n) is 1.70. The maximum absolute atomic E-state index is 13.4. The third kappa shape index (κ3) is 3.16. The average molecular weight is 261 g/mol. The molecular formula is C15H16FNO2. The van der Waals surface area contributed by atoms with Crippen LogP contribution in [0.3, 0.4) is 0 Å². The highest BCUT2D eigenvalue weighted by Gasteiger charge is 2.05. The lowest BCUT2D eigenvalue weighted by molar-refractivity contribution is 0.295. The van der Waals surface area contributed by atoms with Crippen molar-refractivity contribution in [2.45, 2.75) is 13.5 Å².